The number of nitrogens with zero attached hydrogens (tertiary/aromatic N) is 1. The van der Waals surface area contributed by atoms with E-state index in [1.807, 2.05) is 6.07 Å². The molecule has 0 saturated heterocycles. The third-order valence-corrected chi connectivity index (χ3v) is 5.51. The molecule has 13 heteroatoms. The maximum atomic E-state index is 13.0. The molecule has 1 aromatic carbocycles. The number of primary amides is 1. The highest BCUT2D eigenvalue weighted by Gasteiger charge is 2.32. The van der Waals surface area contributed by atoms with Gasteiger partial charge in [-0.25, -0.2) is 9.78 Å². The number of aromatic nitrogens is 2. The summed E-state index contributed by atoms with van der Waals surface area (Å²) in [6.45, 7) is 3.29. The summed E-state index contributed by atoms with van der Waals surface area (Å²) in [6.07, 6.45) is 2.43. The first-order chi connectivity index (χ1) is 17.5. The zero-order chi connectivity index (χ0) is 27.5. The van der Waals surface area contributed by atoms with E-state index in [9.17, 15) is 29.1 Å². The first-order valence-electron chi connectivity index (χ1n) is 11.7. The van der Waals surface area contributed by atoms with E-state index >= 15 is 0 Å². The molecule has 0 spiro atoms. The van der Waals surface area contributed by atoms with Crippen molar-refractivity contribution in [3.05, 3.63) is 54.1 Å². The molecule has 0 aliphatic heterocycles. The number of rotatable bonds is 14. The Morgan fingerprint density at radius 2 is 1.59 bits per heavy atom. The van der Waals surface area contributed by atoms with Crippen LogP contribution in [0.5, 0.6) is 0 Å². The lowest BCUT2D eigenvalue weighted by Crippen LogP contribution is -2.59. The Morgan fingerprint density at radius 3 is 2.14 bits per heavy atom. The van der Waals surface area contributed by atoms with Gasteiger partial charge in [0.1, 0.15) is 18.1 Å². The maximum absolute atomic E-state index is 13.0. The number of hydrogen-bond donors (Lipinski definition) is 7. The number of H-pyrrole nitrogens is 1. The summed E-state index contributed by atoms with van der Waals surface area (Å²) >= 11 is 0. The van der Waals surface area contributed by atoms with Crippen molar-refractivity contribution < 1.29 is 29.1 Å². The minimum Gasteiger partial charge on any atom is -0.480 e. The van der Waals surface area contributed by atoms with E-state index in [1.165, 1.54) is 12.5 Å². The maximum Gasteiger partial charge on any atom is 0.326 e. The number of nitrogens with two attached hydrogens (primary N) is 2. The molecule has 0 aliphatic carbocycles. The number of imidazole rings is 1. The number of benzene rings is 1. The number of carboxylic acid groups (broad SMARTS) is 1. The van der Waals surface area contributed by atoms with Crippen molar-refractivity contribution in [2.75, 3.05) is 0 Å². The minimum absolute atomic E-state index is 0.0561. The van der Waals surface area contributed by atoms with Crippen molar-refractivity contribution in [2.24, 2.45) is 17.4 Å². The summed E-state index contributed by atoms with van der Waals surface area (Å²) in [6, 6.07) is 4.15. The average molecular weight is 516 g/mol. The highest BCUT2D eigenvalue weighted by atomic mass is 16.4. The molecule has 4 unspecified atom stereocenters. The molecular formula is C24H33N7O6. The Balaban J connectivity index is 2.08. The van der Waals surface area contributed by atoms with Crippen molar-refractivity contribution in [3.63, 3.8) is 0 Å². The van der Waals surface area contributed by atoms with Gasteiger partial charge in [-0.05, 0) is 17.9 Å². The molecular weight excluding hydrogens is 482 g/mol. The van der Waals surface area contributed by atoms with E-state index < -0.39 is 66.1 Å². The van der Waals surface area contributed by atoms with E-state index in [0.29, 0.717) is 5.69 Å². The Kier molecular flexibility index (Phi) is 10.8. The molecule has 2 rings (SSSR count). The number of nitrogens with one attached hydrogen (secondary N) is 4. The lowest BCUT2D eigenvalue weighted by molar-refractivity contribution is -0.142. The Morgan fingerprint density at radius 1 is 0.946 bits per heavy atom. The zero-order valence-corrected chi connectivity index (χ0v) is 20.6. The zero-order valence-electron chi connectivity index (χ0n) is 20.6. The molecule has 0 saturated carbocycles. The SMILES string of the molecule is CC(C)C(NC(=O)C(CC(N)=O)NC(=O)C(N)Cc1ccccc1)C(=O)NC(Cc1cnc[nH]1)C(=O)O. The fourth-order valence-electron chi connectivity index (χ4n) is 3.52. The highest BCUT2D eigenvalue weighted by Crippen LogP contribution is 2.07. The third-order valence-electron chi connectivity index (χ3n) is 5.51. The Hall–Kier alpha value is -4.26. The smallest absolute Gasteiger partial charge is 0.326 e. The quantitative estimate of drug-likeness (QED) is 0.158. The second-order valence-electron chi connectivity index (χ2n) is 8.94. The van der Waals surface area contributed by atoms with Gasteiger partial charge in [0, 0.05) is 18.3 Å². The van der Waals surface area contributed by atoms with Crippen molar-refractivity contribution in [1.29, 1.82) is 0 Å². The molecule has 0 fully saturated rings. The van der Waals surface area contributed by atoms with Gasteiger partial charge in [0.25, 0.3) is 0 Å². The van der Waals surface area contributed by atoms with Gasteiger partial charge in [-0.15, -0.1) is 0 Å². The van der Waals surface area contributed by atoms with Crippen LogP contribution in [0.1, 0.15) is 31.5 Å². The molecule has 37 heavy (non-hydrogen) atoms. The van der Waals surface area contributed by atoms with Gasteiger partial charge in [-0.3, -0.25) is 19.2 Å². The second kappa shape index (κ2) is 13.7. The minimum atomic E-state index is -1.39. The van der Waals surface area contributed by atoms with E-state index in [-0.39, 0.29) is 12.8 Å². The van der Waals surface area contributed by atoms with Gasteiger partial charge in [0.15, 0.2) is 0 Å². The summed E-state index contributed by atoms with van der Waals surface area (Å²) in [7, 11) is 0. The number of aliphatic carboxylic acids is 1. The van der Waals surface area contributed by atoms with Crippen LogP contribution in [0.15, 0.2) is 42.9 Å². The van der Waals surface area contributed by atoms with Crippen LogP contribution in [0.25, 0.3) is 0 Å². The molecule has 200 valence electrons. The van der Waals surface area contributed by atoms with Gasteiger partial charge in [0.05, 0.1) is 18.8 Å². The topological polar surface area (TPSA) is 222 Å². The summed E-state index contributed by atoms with van der Waals surface area (Å²) in [5, 5.41) is 16.8. The lowest BCUT2D eigenvalue weighted by Gasteiger charge is -2.26. The fourth-order valence-corrected chi connectivity index (χ4v) is 3.52. The van der Waals surface area contributed by atoms with E-state index in [2.05, 4.69) is 25.9 Å². The largest absolute Gasteiger partial charge is 0.480 e. The Labute approximate surface area is 213 Å². The average Bonchev–Trinajstić information content (AvgIpc) is 3.34. The number of aromatic amines is 1. The molecule has 1 heterocycles. The third kappa shape index (κ3) is 9.37. The van der Waals surface area contributed by atoms with Gasteiger partial charge in [0.2, 0.25) is 23.6 Å². The van der Waals surface area contributed by atoms with Crippen LogP contribution >= 0.6 is 0 Å². The summed E-state index contributed by atoms with van der Waals surface area (Å²) in [5.41, 5.74) is 12.5. The molecule has 2 aromatic rings. The van der Waals surface area contributed by atoms with Crippen LogP contribution in [0.3, 0.4) is 0 Å². The predicted octanol–water partition coefficient (Wildman–Crippen LogP) is -1.41. The van der Waals surface area contributed by atoms with Crippen molar-refractivity contribution in [1.82, 2.24) is 25.9 Å². The molecule has 1 aromatic heterocycles. The van der Waals surface area contributed by atoms with E-state index in [1.54, 1.807) is 38.1 Å². The standard InChI is InChI=1S/C24H33N7O6/c1-13(2)20(23(35)30-18(24(36)37)9-15-11-27-12-28-15)31-22(34)17(10-19(26)32)29-21(33)16(25)8-14-6-4-3-5-7-14/h3-7,11-13,16-18,20H,8-10,25H2,1-2H3,(H2,26,32)(H,27,28)(H,29,33)(H,30,35)(H,31,34)(H,36,37). The van der Waals surface area contributed by atoms with Crippen LogP contribution in [0, 0.1) is 5.92 Å². The van der Waals surface area contributed by atoms with Crippen LogP contribution < -0.4 is 27.4 Å². The van der Waals surface area contributed by atoms with Gasteiger partial charge in [-0.1, -0.05) is 44.2 Å². The number of carboxylic acids is 1. The first-order valence-corrected chi connectivity index (χ1v) is 11.7. The summed E-state index contributed by atoms with van der Waals surface area (Å²) < 4.78 is 0. The van der Waals surface area contributed by atoms with Gasteiger partial charge >= 0.3 is 5.97 Å². The van der Waals surface area contributed by atoms with Gasteiger partial charge < -0.3 is 37.5 Å². The number of hydrogen-bond acceptors (Lipinski definition) is 7. The van der Waals surface area contributed by atoms with E-state index in [0.717, 1.165) is 5.56 Å². The number of carbonyl (C=O) groups excluding carboxylic acids is 4. The summed E-state index contributed by atoms with van der Waals surface area (Å²) in [5.74, 6) is -4.86. The molecule has 0 radical (unpaired) electrons. The lowest BCUT2D eigenvalue weighted by atomic mass is 10.0. The van der Waals surface area contributed by atoms with Crippen molar-refractivity contribution in [3.8, 4) is 0 Å². The van der Waals surface area contributed by atoms with Gasteiger partial charge in [-0.2, -0.15) is 0 Å². The second-order valence-corrected chi connectivity index (χ2v) is 8.94. The van der Waals surface area contributed by atoms with Crippen LogP contribution in [0.2, 0.25) is 0 Å². The fraction of sp³-hybridized carbons (Fsp3) is 0.417. The summed E-state index contributed by atoms with van der Waals surface area (Å²) in [4.78, 5) is 68.4. The number of carbonyl (C=O) groups is 5. The Bertz CT molecular complexity index is 1070. The number of amides is 4. The highest BCUT2D eigenvalue weighted by molar-refractivity contribution is 5.96. The predicted molar refractivity (Wildman–Crippen MR) is 132 cm³/mol. The van der Waals surface area contributed by atoms with Crippen LogP contribution in [-0.4, -0.2) is 68.8 Å². The molecule has 0 bridgehead atoms. The van der Waals surface area contributed by atoms with Crippen molar-refractivity contribution >= 4 is 29.6 Å². The molecule has 9 N–H and O–H groups in total. The molecule has 4 atom stereocenters. The van der Waals surface area contributed by atoms with Crippen LogP contribution in [-0.2, 0) is 36.8 Å². The molecule has 0 aliphatic rings. The first kappa shape index (κ1) is 29.0. The van der Waals surface area contributed by atoms with Crippen molar-refractivity contribution in [2.45, 2.75) is 57.3 Å². The monoisotopic (exact) mass is 515 g/mol. The van der Waals surface area contributed by atoms with Crippen LogP contribution in [0.4, 0.5) is 0 Å². The normalized spacial score (nSPS) is 14.2. The molecule has 4 amide bonds. The molecule has 13 nitrogen and oxygen atoms in total. The van der Waals surface area contributed by atoms with E-state index in [4.69, 9.17) is 11.5 Å².